The van der Waals surface area contributed by atoms with Crippen molar-refractivity contribution in [1.82, 2.24) is 0 Å². The number of nitro groups is 1. The predicted molar refractivity (Wildman–Crippen MR) is 123 cm³/mol. The van der Waals surface area contributed by atoms with Gasteiger partial charge in [-0.15, -0.1) is 0 Å². The van der Waals surface area contributed by atoms with Crippen LogP contribution in [-0.4, -0.2) is 23.5 Å². The van der Waals surface area contributed by atoms with Crippen LogP contribution in [0.25, 0.3) is 6.08 Å². The predicted octanol–water partition coefficient (Wildman–Crippen LogP) is 5.36. The smallest absolute Gasteiger partial charge is 0.312 e. The van der Waals surface area contributed by atoms with Gasteiger partial charge in [0.2, 0.25) is 11.5 Å². The minimum Gasteiger partial charge on any atom is -0.456 e. The van der Waals surface area contributed by atoms with Gasteiger partial charge in [0.15, 0.2) is 5.78 Å². The molecule has 0 fully saturated rings. The molecule has 0 saturated heterocycles. The van der Waals surface area contributed by atoms with E-state index in [4.69, 9.17) is 4.74 Å². The largest absolute Gasteiger partial charge is 0.456 e. The SMILES string of the molecule is CN1c2ccccc2C(C)(C)C12C=Cc1cc(C(=O)c3ccccc3)cc([N+](=O)[O-])c1O2. The Bertz CT molecular complexity index is 1300. The Morgan fingerprint density at radius 1 is 1.00 bits per heavy atom. The average Bonchev–Trinajstić information content (AvgIpc) is 2.97. The highest BCUT2D eigenvalue weighted by Gasteiger charge is 2.58. The molecule has 0 amide bonds. The molecule has 6 heteroatoms. The standard InChI is InChI=1S/C26H22N2O4/c1-25(2)20-11-7-8-12-21(20)27(3)26(25)14-13-18-15-19(16-22(28(30)31)24(18)32-26)23(29)17-9-5-4-6-10-17/h4-16H,1-3H3. The Morgan fingerprint density at radius 3 is 2.38 bits per heavy atom. The fourth-order valence-corrected chi connectivity index (χ4v) is 4.89. The highest BCUT2D eigenvalue weighted by atomic mass is 16.6. The zero-order valence-electron chi connectivity index (χ0n) is 18.0. The second-order valence-corrected chi connectivity index (χ2v) is 8.70. The third-order valence-electron chi connectivity index (χ3n) is 6.67. The summed E-state index contributed by atoms with van der Waals surface area (Å²) in [4.78, 5) is 26.5. The number of rotatable bonds is 3. The van der Waals surface area contributed by atoms with E-state index in [-0.39, 0.29) is 22.8 Å². The molecule has 0 aliphatic carbocycles. The van der Waals surface area contributed by atoms with E-state index >= 15 is 0 Å². The molecule has 6 nitrogen and oxygen atoms in total. The number of ether oxygens (including phenoxy) is 1. The van der Waals surface area contributed by atoms with Crippen molar-refractivity contribution in [2.45, 2.75) is 25.0 Å². The molecule has 32 heavy (non-hydrogen) atoms. The van der Waals surface area contributed by atoms with E-state index in [1.54, 1.807) is 30.3 Å². The van der Waals surface area contributed by atoms with Crippen LogP contribution in [0.1, 0.15) is 40.9 Å². The van der Waals surface area contributed by atoms with Crippen LogP contribution < -0.4 is 9.64 Å². The second-order valence-electron chi connectivity index (χ2n) is 8.70. The van der Waals surface area contributed by atoms with Crippen molar-refractivity contribution < 1.29 is 14.5 Å². The summed E-state index contributed by atoms with van der Waals surface area (Å²) >= 11 is 0. The number of fused-ring (bicyclic) bond motifs is 2. The lowest BCUT2D eigenvalue weighted by Gasteiger charge is -2.45. The van der Waals surface area contributed by atoms with Gasteiger partial charge in [0.1, 0.15) is 0 Å². The van der Waals surface area contributed by atoms with E-state index in [1.165, 1.54) is 6.07 Å². The molecule has 1 spiro atoms. The molecule has 1 unspecified atom stereocenters. The lowest BCUT2D eigenvalue weighted by atomic mass is 9.76. The van der Waals surface area contributed by atoms with Crippen LogP contribution in [0.2, 0.25) is 0 Å². The van der Waals surface area contributed by atoms with E-state index in [0.29, 0.717) is 11.1 Å². The molecular weight excluding hydrogens is 404 g/mol. The summed E-state index contributed by atoms with van der Waals surface area (Å²) in [6.07, 6.45) is 3.77. The van der Waals surface area contributed by atoms with E-state index in [1.807, 2.05) is 48.4 Å². The Morgan fingerprint density at radius 2 is 1.69 bits per heavy atom. The number of hydrogen-bond acceptors (Lipinski definition) is 5. The van der Waals surface area contributed by atoms with Crippen LogP contribution >= 0.6 is 0 Å². The Kier molecular flexibility index (Phi) is 4.24. The van der Waals surface area contributed by atoms with Crippen molar-refractivity contribution in [2.75, 3.05) is 11.9 Å². The molecule has 2 aliphatic heterocycles. The van der Waals surface area contributed by atoms with Gasteiger partial charge in [-0.3, -0.25) is 14.9 Å². The van der Waals surface area contributed by atoms with Crippen molar-refractivity contribution in [1.29, 1.82) is 0 Å². The lowest BCUT2D eigenvalue weighted by Crippen LogP contribution is -2.58. The van der Waals surface area contributed by atoms with Gasteiger partial charge in [0, 0.05) is 35.5 Å². The van der Waals surface area contributed by atoms with Crippen molar-refractivity contribution in [3.8, 4) is 5.75 Å². The van der Waals surface area contributed by atoms with Gasteiger partial charge in [-0.2, -0.15) is 0 Å². The summed E-state index contributed by atoms with van der Waals surface area (Å²) in [5, 5.41) is 12.0. The highest BCUT2D eigenvalue weighted by Crippen LogP contribution is 2.55. The van der Waals surface area contributed by atoms with Crippen LogP contribution in [0.15, 0.2) is 72.8 Å². The summed E-state index contributed by atoms with van der Waals surface area (Å²) in [5.41, 5.74) is 1.76. The number of carbonyl (C=O) groups is 1. The molecule has 1 atom stereocenters. The molecule has 160 valence electrons. The van der Waals surface area contributed by atoms with Gasteiger partial charge < -0.3 is 9.64 Å². The van der Waals surface area contributed by atoms with E-state index < -0.39 is 16.1 Å². The maximum absolute atomic E-state index is 13.0. The topological polar surface area (TPSA) is 72.7 Å². The molecule has 0 saturated carbocycles. The van der Waals surface area contributed by atoms with Crippen molar-refractivity contribution in [2.24, 2.45) is 0 Å². The molecule has 0 radical (unpaired) electrons. The first-order valence-electron chi connectivity index (χ1n) is 10.4. The quantitative estimate of drug-likeness (QED) is 0.320. The first kappa shape index (κ1) is 20.0. The molecule has 0 N–H and O–H groups in total. The number of hydrogen-bond donors (Lipinski definition) is 0. The molecule has 3 aromatic carbocycles. The maximum Gasteiger partial charge on any atom is 0.312 e. The third kappa shape index (κ3) is 2.62. The first-order chi connectivity index (χ1) is 15.3. The number of benzene rings is 3. The van der Waals surface area contributed by atoms with Crippen molar-refractivity contribution in [3.63, 3.8) is 0 Å². The van der Waals surface area contributed by atoms with Gasteiger partial charge in [-0.05, 0) is 43.7 Å². The molecule has 0 aromatic heterocycles. The van der Waals surface area contributed by atoms with Gasteiger partial charge in [0.25, 0.3) is 0 Å². The van der Waals surface area contributed by atoms with Crippen LogP contribution in [0.3, 0.4) is 0 Å². The Labute approximate surface area is 185 Å². The number of para-hydroxylation sites is 1. The summed E-state index contributed by atoms with van der Waals surface area (Å²) < 4.78 is 6.51. The monoisotopic (exact) mass is 426 g/mol. The molecule has 2 aliphatic rings. The summed E-state index contributed by atoms with van der Waals surface area (Å²) in [6, 6.07) is 19.8. The fraction of sp³-hybridized carbons (Fsp3) is 0.192. The zero-order valence-corrected chi connectivity index (χ0v) is 18.0. The summed E-state index contributed by atoms with van der Waals surface area (Å²) in [6.45, 7) is 4.15. The summed E-state index contributed by atoms with van der Waals surface area (Å²) in [7, 11) is 1.93. The van der Waals surface area contributed by atoms with Crippen LogP contribution in [0.4, 0.5) is 11.4 Å². The normalized spacial score (nSPS) is 19.9. The molecular formula is C26H22N2O4. The van der Waals surface area contributed by atoms with Gasteiger partial charge in [0.05, 0.1) is 10.3 Å². The maximum atomic E-state index is 13.0. The first-order valence-corrected chi connectivity index (χ1v) is 10.4. The molecule has 0 bridgehead atoms. The minimum atomic E-state index is -0.931. The zero-order chi connectivity index (χ0) is 22.7. The van der Waals surface area contributed by atoms with E-state index in [2.05, 4.69) is 19.9 Å². The average molecular weight is 426 g/mol. The third-order valence-corrected chi connectivity index (χ3v) is 6.67. The van der Waals surface area contributed by atoms with Crippen molar-refractivity contribution >= 4 is 23.2 Å². The van der Waals surface area contributed by atoms with E-state index in [9.17, 15) is 14.9 Å². The second kappa shape index (κ2) is 6.79. The fourth-order valence-electron chi connectivity index (χ4n) is 4.89. The number of nitrogens with zero attached hydrogens (tertiary/aromatic N) is 2. The number of ketones is 1. The van der Waals surface area contributed by atoms with Gasteiger partial charge >= 0.3 is 5.69 Å². The number of nitro benzene ring substituents is 1. The Hall–Kier alpha value is -3.93. The molecule has 5 rings (SSSR count). The summed E-state index contributed by atoms with van der Waals surface area (Å²) in [5.74, 6) is -0.0919. The van der Waals surface area contributed by atoms with Crippen molar-refractivity contribution in [3.05, 3.63) is 105 Å². The van der Waals surface area contributed by atoms with E-state index in [0.717, 1.165) is 11.3 Å². The van der Waals surface area contributed by atoms with Gasteiger partial charge in [-0.1, -0.05) is 48.5 Å². The van der Waals surface area contributed by atoms with Gasteiger partial charge in [-0.25, -0.2) is 0 Å². The minimum absolute atomic E-state index is 0.176. The van der Waals surface area contributed by atoms with Crippen LogP contribution in [0, 0.1) is 10.1 Å². The number of likely N-dealkylation sites (N-methyl/N-ethyl adjacent to an activating group) is 1. The molecule has 2 heterocycles. The number of carbonyl (C=O) groups excluding carboxylic acids is 1. The van der Waals surface area contributed by atoms with Crippen LogP contribution in [0.5, 0.6) is 5.75 Å². The Balaban J connectivity index is 1.64. The highest BCUT2D eigenvalue weighted by molar-refractivity contribution is 6.10. The van der Waals surface area contributed by atoms with Crippen LogP contribution in [-0.2, 0) is 5.41 Å². The lowest BCUT2D eigenvalue weighted by molar-refractivity contribution is -0.386. The molecule has 3 aromatic rings. The number of anilines is 1.